The third kappa shape index (κ3) is 4.33. The van der Waals surface area contributed by atoms with Gasteiger partial charge in [-0.2, -0.15) is 0 Å². The highest BCUT2D eigenvalue weighted by Gasteiger charge is 2.10. The maximum absolute atomic E-state index is 10.9. The molecule has 1 atom stereocenters. The molecular weight excluding hydrogens is 292 g/mol. The van der Waals surface area contributed by atoms with Crippen LogP contribution in [0, 0.1) is 0 Å². The molecular formula is C11H13BrO5. The minimum Gasteiger partial charge on any atom is -0.491 e. The van der Waals surface area contributed by atoms with E-state index in [4.69, 9.17) is 14.6 Å². The zero-order valence-electron chi connectivity index (χ0n) is 9.22. The molecule has 0 bridgehead atoms. The van der Waals surface area contributed by atoms with Gasteiger partial charge in [-0.15, -0.1) is 0 Å². The highest BCUT2D eigenvalue weighted by Crippen LogP contribution is 2.22. The largest absolute Gasteiger partial charge is 0.491 e. The fraction of sp³-hybridized carbons (Fsp3) is 0.364. The molecule has 0 spiro atoms. The number of rotatable bonds is 6. The summed E-state index contributed by atoms with van der Waals surface area (Å²) in [5.74, 6) is -0.652. The van der Waals surface area contributed by atoms with Gasteiger partial charge in [-0.3, -0.25) is 0 Å². The van der Waals surface area contributed by atoms with Gasteiger partial charge in [0.25, 0.3) is 0 Å². The van der Waals surface area contributed by atoms with Crippen molar-refractivity contribution in [2.45, 2.75) is 6.10 Å². The molecule has 0 fully saturated rings. The molecule has 1 unspecified atom stereocenters. The van der Waals surface area contributed by atoms with Crippen LogP contribution in [0.1, 0.15) is 10.4 Å². The number of aliphatic hydroxyl groups is 1. The fourth-order valence-electron chi connectivity index (χ4n) is 1.19. The van der Waals surface area contributed by atoms with Crippen molar-refractivity contribution in [3.63, 3.8) is 0 Å². The summed E-state index contributed by atoms with van der Waals surface area (Å²) in [6.07, 6.45) is -0.739. The number of hydrogen-bond donors (Lipinski definition) is 2. The number of carbonyl (C=O) groups is 1. The molecule has 0 amide bonds. The van der Waals surface area contributed by atoms with E-state index in [1.807, 2.05) is 0 Å². The van der Waals surface area contributed by atoms with E-state index in [0.717, 1.165) is 0 Å². The van der Waals surface area contributed by atoms with Crippen molar-refractivity contribution in [3.05, 3.63) is 28.2 Å². The van der Waals surface area contributed by atoms with Crippen molar-refractivity contribution in [2.24, 2.45) is 0 Å². The van der Waals surface area contributed by atoms with Crippen LogP contribution < -0.4 is 4.74 Å². The molecule has 0 aromatic heterocycles. The normalized spacial score (nSPS) is 12.2. The Morgan fingerprint density at radius 3 is 2.76 bits per heavy atom. The zero-order valence-corrected chi connectivity index (χ0v) is 10.8. The van der Waals surface area contributed by atoms with Crippen molar-refractivity contribution in [1.82, 2.24) is 0 Å². The Labute approximate surface area is 107 Å². The topological polar surface area (TPSA) is 76.0 Å². The molecule has 5 nitrogen and oxygen atoms in total. The lowest BCUT2D eigenvalue weighted by Gasteiger charge is -2.12. The average molecular weight is 305 g/mol. The number of aliphatic hydroxyl groups excluding tert-OH is 1. The molecule has 0 heterocycles. The number of halogens is 1. The Morgan fingerprint density at radius 2 is 2.18 bits per heavy atom. The SMILES string of the molecule is COCC(O)COc1ccc(Br)c(C(=O)O)c1. The number of carboxylic acids is 1. The van der Waals surface area contributed by atoms with Gasteiger partial charge in [0.1, 0.15) is 18.5 Å². The van der Waals surface area contributed by atoms with Crippen molar-refractivity contribution in [3.8, 4) is 5.75 Å². The van der Waals surface area contributed by atoms with Crippen LogP contribution in [-0.4, -0.2) is 42.6 Å². The number of aromatic carboxylic acids is 1. The first-order chi connectivity index (χ1) is 8.04. The van der Waals surface area contributed by atoms with E-state index in [2.05, 4.69) is 15.9 Å². The number of benzene rings is 1. The van der Waals surface area contributed by atoms with Crippen molar-refractivity contribution in [2.75, 3.05) is 20.3 Å². The van der Waals surface area contributed by atoms with Gasteiger partial charge in [-0.1, -0.05) is 0 Å². The second-order valence-corrected chi connectivity index (χ2v) is 4.22. The van der Waals surface area contributed by atoms with Gasteiger partial charge < -0.3 is 19.7 Å². The Balaban J connectivity index is 2.66. The van der Waals surface area contributed by atoms with Gasteiger partial charge in [0.05, 0.1) is 12.2 Å². The molecule has 1 aromatic rings. The van der Waals surface area contributed by atoms with Crippen LogP contribution in [-0.2, 0) is 4.74 Å². The van der Waals surface area contributed by atoms with E-state index in [1.165, 1.54) is 13.2 Å². The van der Waals surface area contributed by atoms with Crippen LogP contribution >= 0.6 is 15.9 Å². The maximum atomic E-state index is 10.9. The number of hydrogen-bond acceptors (Lipinski definition) is 4. The maximum Gasteiger partial charge on any atom is 0.336 e. The van der Waals surface area contributed by atoms with Gasteiger partial charge in [0.15, 0.2) is 0 Å². The third-order valence-electron chi connectivity index (χ3n) is 1.97. The summed E-state index contributed by atoms with van der Waals surface area (Å²) in [7, 11) is 1.48. The lowest BCUT2D eigenvalue weighted by atomic mass is 10.2. The van der Waals surface area contributed by atoms with E-state index in [9.17, 15) is 9.90 Å². The first-order valence-electron chi connectivity index (χ1n) is 4.87. The fourth-order valence-corrected chi connectivity index (χ4v) is 1.61. The van der Waals surface area contributed by atoms with Crippen LogP contribution in [0.5, 0.6) is 5.75 Å². The van der Waals surface area contributed by atoms with Crippen molar-refractivity contribution < 1.29 is 24.5 Å². The first kappa shape index (κ1) is 14.0. The summed E-state index contributed by atoms with van der Waals surface area (Å²) in [6, 6.07) is 4.60. The van der Waals surface area contributed by atoms with Gasteiger partial charge in [0, 0.05) is 11.6 Å². The number of ether oxygens (including phenoxy) is 2. The molecule has 0 aliphatic rings. The van der Waals surface area contributed by atoms with Gasteiger partial charge in [-0.05, 0) is 34.1 Å². The van der Waals surface area contributed by atoms with Crippen molar-refractivity contribution >= 4 is 21.9 Å². The van der Waals surface area contributed by atoms with E-state index in [-0.39, 0.29) is 18.8 Å². The van der Waals surface area contributed by atoms with Crippen molar-refractivity contribution in [1.29, 1.82) is 0 Å². The van der Waals surface area contributed by atoms with Gasteiger partial charge >= 0.3 is 5.97 Å². The van der Waals surface area contributed by atoms with Crippen LogP contribution in [0.25, 0.3) is 0 Å². The Morgan fingerprint density at radius 1 is 1.47 bits per heavy atom. The second-order valence-electron chi connectivity index (χ2n) is 3.37. The summed E-state index contributed by atoms with van der Waals surface area (Å²) in [5, 5.41) is 18.3. The standard InChI is InChI=1S/C11H13BrO5/c1-16-5-7(13)6-17-8-2-3-10(12)9(4-8)11(14)15/h2-4,7,13H,5-6H2,1H3,(H,14,15). The van der Waals surface area contributed by atoms with Crippen LogP contribution in [0.4, 0.5) is 0 Å². The Hall–Kier alpha value is -1.11. The smallest absolute Gasteiger partial charge is 0.336 e. The summed E-state index contributed by atoms with van der Waals surface area (Å²) < 4.78 is 10.5. The Kier molecular flexibility index (Phi) is 5.40. The Bertz CT molecular complexity index is 393. The molecule has 94 valence electrons. The lowest BCUT2D eigenvalue weighted by Crippen LogP contribution is -2.22. The summed E-state index contributed by atoms with van der Waals surface area (Å²) >= 11 is 3.13. The van der Waals surface area contributed by atoms with Crippen LogP contribution in [0.2, 0.25) is 0 Å². The van der Waals surface area contributed by atoms with Gasteiger partial charge in [-0.25, -0.2) is 4.79 Å². The van der Waals surface area contributed by atoms with Crippen LogP contribution in [0.3, 0.4) is 0 Å². The summed E-state index contributed by atoms with van der Waals surface area (Å²) in [4.78, 5) is 10.9. The molecule has 1 rings (SSSR count). The van der Waals surface area contributed by atoms with E-state index >= 15 is 0 Å². The average Bonchev–Trinajstić information content (AvgIpc) is 2.28. The monoisotopic (exact) mass is 304 g/mol. The molecule has 1 aromatic carbocycles. The minimum atomic E-state index is -1.04. The molecule has 0 saturated carbocycles. The molecule has 0 saturated heterocycles. The third-order valence-corrected chi connectivity index (χ3v) is 2.66. The summed E-state index contributed by atoms with van der Waals surface area (Å²) in [5.41, 5.74) is 0.115. The van der Waals surface area contributed by atoms with Crippen LogP contribution in [0.15, 0.2) is 22.7 Å². The molecule has 0 aliphatic heterocycles. The van der Waals surface area contributed by atoms with E-state index < -0.39 is 12.1 Å². The predicted molar refractivity (Wildman–Crippen MR) is 64.5 cm³/mol. The molecule has 2 N–H and O–H groups in total. The number of carboxylic acid groups (broad SMARTS) is 1. The molecule has 17 heavy (non-hydrogen) atoms. The first-order valence-corrected chi connectivity index (χ1v) is 5.66. The lowest BCUT2D eigenvalue weighted by molar-refractivity contribution is 0.0325. The second kappa shape index (κ2) is 6.58. The van der Waals surface area contributed by atoms with Gasteiger partial charge in [0.2, 0.25) is 0 Å². The minimum absolute atomic E-state index is 0.0501. The quantitative estimate of drug-likeness (QED) is 0.833. The summed E-state index contributed by atoms with van der Waals surface area (Å²) in [6.45, 7) is 0.219. The predicted octanol–water partition coefficient (Wildman–Crippen LogP) is 1.53. The molecule has 0 radical (unpaired) electrons. The van der Waals surface area contributed by atoms with E-state index in [0.29, 0.717) is 10.2 Å². The zero-order chi connectivity index (χ0) is 12.8. The molecule has 0 aliphatic carbocycles. The highest BCUT2D eigenvalue weighted by molar-refractivity contribution is 9.10. The van der Waals surface area contributed by atoms with E-state index in [1.54, 1.807) is 12.1 Å². The number of methoxy groups -OCH3 is 1. The molecule has 6 heteroatoms. The highest BCUT2D eigenvalue weighted by atomic mass is 79.9.